The number of hydrogen-bond donors (Lipinski definition) is 1. The second kappa shape index (κ2) is 10.0. The van der Waals surface area contributed by atoms with Crippen LogP contribution in [-0.2, 0) is 9.53 Å². The van der Waals surface area contributed by atoms with Gasteiger partial charge in [-0.2, -0.15) is 0 Å². The molecule has 1 aliphatic heterocycles. The maximum absolute atomic E-state index is 12.2. The van der Waals surface area contributed by atoms with Gasteiger partial charge in [0.05, 0.1) is 4.92 Å². The van der Waals surface area contributed by atoms with Gasteiger partial charge in [0.1, 0.15) is 5.60 Å². The first-order valence-electron chi connectivity index (χ1n) is 9.82. The number of amides is 2. The molecule has 1 saturated heterocycles. The van der Waals surface area contributed by atoms with Crippen molar-refractivity contribution >= 4 is 23.8 Å². The molecule has 1 unspecified atom stereocenters. The zero-order valence-electron chi connectivity index (χ0n) is 17.2. The number of ether oxygens (including phenoxy) is 1. The molecule has 0 radical (unpaired) electrons. The monoisotopic (exact) mass is 403 g/mol. The average molecular weight is 403 g/mol. The Morgan fingerprint density at radius 3 is 2.62 bits per heavy atom. The lowest BCUT2D eigenvalue weighted by Crippen LogP contribution is -2.43. The molecule has 1 atom stereocenters. The highest BCUT2D eigenvalue weighted by Gasteiger charge is 2.27. The summed E-state index contributed by atoms with van der Waals surface area (Å²) < 4.78 is 5.43. The molecule has 0 aliphatic carbocycles. The lowest BCUT2D eigenvalue weighted by atomic mass is 9.95. The molecule has 1 aromatic carbocycles. The molecule has 158 valence electrons. The molecule has 8 heteroatoms. The third-order valence-corrected chi connectivity index (χ3v) is 4.55. The van der Waals surface area contributed by atoms with Crippen LogP contribution in [0, 0.1) is 16.0 Å². The number of nitrogens with one attached hydrogen (secondary N) is 1. The number of nitro groups is 1. The first kappa shape index (κ1) is 22.4. The second-order valence-electron chi connectivity index (χ2n) is 8.20. The number of carbonyl (C=O) groups excluding carboxylic acids is 2. The number of non-ortho nitro benzene ring substituents is 1. The Hall–Kier alpha value is -2.90. The summed E-state index contributed by atoms with van der Waals surface area (Å²) in [5, 5.41) is 13.5. The highest BCUT2D eigenvalue weighted by Crippen LogP contribution is 2.21. The lowest BCUT2D eigenvalue weighted by molar-refractivity contribution is -0.384. The molecule has 0 saturated carbocycles. The molecule has 2 rings (SSSR count). The molecule has 0 aromatic heterocycles. The van der Waals surface area contributed by atoms with Crippen LogP contribution in [0.25, 0.3) is 6.08 Å². The maximum Gasteiger partial charge on any atom is 0.410 e. The van der Waals surface area contributed by atoms with E-state index in [1.165, 1.54) is 18.2 Å². The smallest absolute Gasteiger partial charge is 0.410 e. The fourth-order valence-electron chi connectivity index (χ4n) is 3.13. The van der Waals surface area contributed by atoms with Crippen LogP contribution in [0.3, 0.4) is 0 Å². The summed E-state index contributed by atoms with van der Waals surface area (Å²) in [5.74, 6) is 0.110. The molecular weight excluding hydrogens is 374 g/mol. The number of piperidine rings is 1. The topological polar surface area (TPSA) is 102 Å². The Morgan fingerprint density at radius 2 is 2.00 bits per heavy atom. The van der Waals surface area contributed by atoms with E-state index in [0.717, 1.165) is 19.3 Å². The first-order chi connectivity index (χ1) is 13.6. The van der Waals surface area contributed by atoms with Crippen molar-refractivity contribution in [3.05, 3.63) is 46.0 Å². The van der Waals surface area contributed by atoms with E-state index in [4.69, 9.17) is 4.74 Å². The van der Waals surface area contributed by atoms with Gasteiger partial charge in [-0.15, -0.1) is 0 Å². The van der Waals surface area contributed by atoms with Crippen molar-refractivity contribution in [1.29, 1.82) is 0 Å². The zero-order valence-corrected chi connectivity index (χ0v) is 17.2. The van der Waals surface area contributed by atoms with E-state index >= 15 is 0 Å². The second-order valence-corrected chi connectivity index (χ2v) is 8.20. The van der Waals surface area contributed by atoms with Crippen molar-refractivity contribution in [2.24, 2.45) is 5.92 Å². The van der Waals surface area contributed by atoms with Crippen LogP contribution >= 0.6 is 0 Å². The molecule has 1 fully saturated rings. The summed E-state index contributed by atoms with van der Waals surface area (Å²) >= 11 is 0. The minimum Gasteiger partial charge on any atom is -0.444 e. The van der Waals surface area contributed by atoms with Crippen molar-refractivity contribution in [1.82, 2.24) is 10.2 Å². The van der Waals surface area contributed by atoms with E-state index in [-0.39, 0.29) is 17.7 Å². The fraction of sp³-hybridized carbons (Fsp3) is 0.524. The molecule has 1 aliphatic rings. The SMILES string of the molecule is CC(C)(C)OC(=O)N1CCCC(CCNC(=O)/C=C/c2ccc([N+](=O)[O-])cc2)C1. The Bertz CT molecular complexity index is 753. The largest absolute Gasteiger partial charge is 0.444 e. The standard InChI is InChI=1S/C21H29N3O5/c1-21(2,3)29-20(26)23-14-4-5-17(15-23)12-13-22-19(25)11-8-16-6-9-18(10-7-16)24(27)28/h6-11,17H,4-5,12-15H2,1-3H3,(H,22,25)/b11-8+. The Kier molecular flexibility index (Phi) is 7.75. The number of hydrogen-bond acceptors (Lipinski definition) is 5. The van der Waals surface area contributed by atoms with Crippen molar-refractivity contribution < 1.29 is 19.2 Å². The van der Waals surface area contributed by atoms with Gasteiger partial charge in [-0.3, -0.25) is 14.9 Å². The van der Waals surface area contributed by atoms with Crippen molar-refractivity contribution in [3.63, 3.8) is 0 Å². The number of nitro benzene ring substituents is 1. The molecular formula is C21H29N3O5. The molecule has 2 amide bonds. The summed E-state index contributed by atoms with van der Waals surface area (Å²) in [5.41, 5.74) is 0.221. The van der Waals surface area contributed by atoms with Gasteiger partial charge in [0, 0.05) is 37.8 Å². The summed E-state index contributed by atoms with van der Waals surface area (Å²) in [6, 6.07) is 5.98. The van der Waals surface area contributed by atoms with E-state index in [9.17, 15) is 19.7 Å². The Morgan fingerprint density at radius 1 is 1.31 bits per heavy atom. The predicted molar refractivity (Wildman–Crippen MR) is 110 cm³/mol. The summed E-state index contributed by atoms with van der Waals surface area (Å²) in [6.45, 7) is 7.43. The van der Waals surface area contributed by atoms with Gasteiger partial charge in [-0.1, -0.05) is 0 Å². The summed E-state index contributed by atoms with van der Waals surface area (Å²) in [6.07, 6.45) is 5.48. The molecule has 1 aromatic rings. The predicted octanol–water partition coefficient (Wildman–Crippen LogP) is 3.76. The van der Waals surface area contributed by atoms with E-state index in [1.54, 1.807) is 23.1 Å². The van der Waals surface area contributed by atoms with Gasteiger partial charge in [0.25, 0.3) is 5.69 Å². The number of nitrogens with zero attached hydrogens (tertiary/aromatic N) is 2. The van der Waals surface area contributed by atoms with Gasteiger partial charge in [0.15, 0.2) is 0 Å². The highest BCUT2D eigenvalue weighted by molar-refractivity contribution is 5.91. The molecule has 0 spiro atoms. The number of likely N-dealkylation sites (tertiary alicyclic amines) is 1. The van der Waals surface area contributed by atoms with Crippen LogP contribution in [0.2, 0.25) is 0 Å². The molecule has 8 nitrogen and oxygen atoms in total. The van der Waals surface area contributed by atoms with Crippen molar-refractivity contribution in [2.45, 2.75) is 45.6 Å². The van der Waals surface area contributed by atoms with Gasteiger partial charge in [-0.25, -0.2) is 4.79 Å². The van der Waals surface area contributed by atoms with Crippen LogP contribution in [0.15, 0.2) is 30.3 Å². The maximum atomic E-state index is 12.2. The van der Waals surface area contributed by atoms with E-state index in [2.05, 4.69) is 5.32 Å². The molecule has 0 bridgehead atoms. The zero-order chi connectivity index (χ0) is 21.4. The quantitative estimate of drug-likeness (QED) is 0.443. The minimum absolute atomic E-state index is 0.0134. The minimum atomic E-state index is -0.506. The van der Waals surface area contributed by atoms with Crippen LogP contribution in [-0.4, -0.2) is 47.1 Å². The first-order valence-corrected chi connectivity index (χ1v) is 9.82. The van der Waals surface area contributed by atoms with Gasteiger partial charge in [0.2, 0.25) is 5.91 Å². The molecule has 29 heavy (non-hydrogen) atoms. The molecule has 1 N–H and O–H groups in total. The normalized spacial score (nSPS) is 17.2. The van der Waals surface area contributed by atoms with Crippen LogP contribution in [0.1, 0.15) is 45.6 Å². The third kappa shape index (κ3) is 7.93. The number of carbonyl (C=O) groups is 2. The van der Waals surface area contributed by atoms with E-state index in [1.807, 2.05) is 20.8 Å². The number of rotatable bonds is 6. The fourth-order valence-corrected chi connectivity index (χ4v) is 3.13. The number of benzene rings is 1. The highest BCUT2D eigenvalue weighted by atomic mass is 16.6. The van der Waals surface area contributed by atoms with Crippen LogP contribution < -0.4 is 5.32 Å². The van der Waals surface area contributed by atoms with Crippen molar-refractivity contribution in [2.75, 3.05) is 19.6 Å². The van der Waals surface area contributed by atoms with E-state index < -0.39 is 10.5 Å². The third-order valence-electron chi connectivity index (χ3n) is 4.55. The average Bonchev–Trinajstić information content (AvgIpc) is 2.65. The lowest BCUT2D eigenvalue weighted by Gasteiger charge is -2.34. The van der Waals surface area contributed by atoms with E-state index in [0.29, 0.717) is 31.1 Å². The van der Waals surface area contributed by atoms with Crippen LogP contribution in [0.4, 0.5) is 10.5 Å². The van der Waals surface area contributed by atoms with Gasteiger partial charge < -0.3 is 15.0 Å². The van der Waals surface area contributed by atoms with Gasteiger partial charge >= 0.3 is 6.09 Å². The van der Waals surface area contributed by atoms with Gasteiger partial charge in [-0.05, 0) is 69.7 Å². The Labute approximate surface area is 171 Å². The summed E-state index contributed by atoms with van der Waals surface area (Å²) in [7, 11) is 0. The van der Waals surface area contributed by atoms with Crippen molar-refractivity contribution in [3.8, 4) is 0 Å². The van der Waals surface area contributed by atoms with Crippen LogP contribution in [0.5, 0.6) is 0 Å². The molecule has 1 heterocycles. The Balaban J connectivity index is 1.73. The summed E-state index contributed by atoms with van der Waals surface area (Å²) in [4.78, 5) is 36.1.